The number of halogens is 2. The normalized spacial score (nSPS) is 10.8. The average Bonchev–Trinajstić information content (AvgIpc) is 2.80. The molecule has 21 heavy (non-hydrogen) atoms. The zero-order valence-corrected chi connectivity index (χ0v) is 13.6. The van der Waals surface area contributed by atoms with Gasteiger partial charge in [-0.3, -0.25) is 4.79 Å². The zero-order chi connectivity index (χ0) is 15.4. The zero-order valence-electron chi connectivity index (χ0n) is 11.2. The Hall–Kier alpha value is -1.41. The molecule has 112 valence electrons. The largest absolute Gasteiger partial charge is 0.481 e. The molecule has 1 N–H and O–H groups in total. The van der Waals surface area contributed by atoms with Gasteiger partial charge in [-0.1, -0.05) is 24.8 Å². The van der Waals surface area contributed by atoms with Crippen molar-refractivity contribution in [2.24, 2.45) is 0 Å². The SMILES string of the molecule is CCCn1c(SCC(=O)O)nnc1-c1c(F)cccc1Br. The van der Waals surface area contributed by atoms with E-state index in [-0.39, 0.29) is 5.75 Å². The summed E-state index contributed by atoms with van der Waals surface area (Å²) in [5, 5.41) is 17.3. The highest BCUT2D eigenvalue weighted by molar-refractivity contribution is 9.10. The van der Waals surface area contributed by atoms with E-state index in [1.807, 2.05) is 6.92 Å². The van der Waals surface area contributed by atoms with Gasteiger partial charge >= 0.3 is 5.97 Å². The molecule has 0 atom stereocenters. The number of carbonyl (C=O) groups is 1. The summed E-state index contributed by atoms with van der Waals surface area (Å²) in [7, 11) is 0. The summed E-state index contributed by atoms with van der Waals surface area (Å²) in [5.41, 5.74) is 0.334. The van der Waals surface area contributed by atoms with Crippen LogP contribution in [0.5, 0.6) is 0 Å². The first-order valence-electron chi connectivity index (χ1n) is 6.26. The van der Waals surface area contributed by atoms with Crippen LogP contribution in [0.3, 0.4) is 0 Å². The van der Waals surface area contributed by atoms with Crippen LogP contribution in [0.15, 0.2) is 27.8 Å². The van der Waals surface area contributed by atoms with Crippen molar-refractivity contribution in [1.82, 2.24) is 14.8 Å². The Labute approximate surface area is 133 Å². The molecule has 1 heterocycles. The van der Waals surface area contributed by atoms with Crippen LogP contribution >= 0.6 is 27.7 Å². The van der Waals surface area contributed by atoms with Crippen molar-refractivity contribution in [2.45, 2.75) is 25.0 Å². The van der Waals surface area contributed by atoms with Crippen molar-refractivity contribution in [3.8, 4) is 11.4 Å². The first kappa shape index (κ1) is 16.0. The second kappa shape index (κ2) is 7.04. The van der Waals surface area contributed by atoms with Crippen LogP contribution in [0.25, 0.3) is 11.4 Å². The number of aliphatic carboxylic acids is 1. The van der Waals surface area contributed by atoms with E-state index in [1.54, 1.807) is 16.7 Å². The molecule has 0 aliphatic rings. The smallest absolute Gasteiger partial charge is 0.313 e. The Bertz CT molecular complexity index is 643. The maximum Gasteiger partial charge on any atom is 0.313 e. The van der Waals surface area contributed by atoms with Gasteiger partial charge in [-0.25, -0.2) is 4.39 Å². The molecule has 5 nitrogen and oxygen atoms in total. The molecule has 1 aromatic carbocycles. The minimum atomic E-state index is -0.931. The number of benzene rings is 1. The van der Waals surface area contributed by atoms with Crippen molar-refractivity contribution >= 4 is 33.7 Å². The van der Waals surface area contributed by atoms with Gasteiger partial charge in [-0.2, -0.15) is 0 Å². The quantitative estimate of drug-likeness (QED) is 0.785. The van der Waals surface area contributed by atoms with Gasteiger partial charge in [0.1, 0.15) is 5.82 Å². The van der Waals surface area contributed by atoms with Gasteiger partial charge in [0.25, 0.3) is 0 Å². The van der Waals surface area contributed by atoms with Gasteiger partial charge in [0.2, 0.25) is 0 Å². The molecule has 0 bridgehead atoms. The minimum Gasteiger partial charge on any atom is -0.481 e. The lowest BCUT2D eigenvalue weighted by Crippen LogP contribution is -2.05. The first-order valence-corrected chi connectivity index (χ1v) is 8.04. The predicted octanol–water partition coefficient (Wildman–Crippen LogP) is 3.43. The Morgan fingerprint density at radius 3 is 2.86 bits per heavy atom. The van der Waals surface area contributed by atoms with Crippen LogP contribution in [0.2, 0.25) is 0 Å². The van der Waals surface area contributed by atoms with E-state index < -0.39 is 11.8 Å². The second-order valence-corrected chi connectivity index (χ2v) is 6.03. The minimum absolute atomic E-state index is 0.111. The number of aromatic nitrogens is 3. The van der Waals surface area contributed by atoms with Crippen LogP contribution in [0.4, 0.5) is 4.39 Å². The van der Waals surface area contributed by atoms with Gasteiger partial charge in [-0.05, 0) is 34.5 Å². The molecule has 0 radical (unpaired) electrons. The van der Waals surface area contributed by atoms with E-state index in [1.165, 1.54) is 6.07 Å². The molecule has 2 rings (SSSR count). The van der Waals surface area contributed by atoms with Crippen molar-refractivity contribution < 1.29 is 14.3 Å². The lowest BCUT2D eigenvalue weighted by atomic mass is 10.2. The summed E-state index contributed by atoms with van der Waals surface area (Å²) in [6.07, 6.45) is 0.803. The lowest BCUT2D eigenvalue weighted by Gasteiger charge is -2.10. The van der Waals surface area contributed by atoms with Crippen LogP contribution in [0, 0.1) is 5.82 Å². The fraction of sp³-hybridized carbons (Fsp3) is 0.308. The number of nitrogens with zero attached hydrogens (tertiary/aromatic N) is 3. The van der Waals surface area contributed by atoms with Crippen LogP contribution < -0.4 is 0 Å². The average molecular weight is 374 g/mol. The molecular formula is C13H13BrFN3O2S. The van der Waals surface area contributed by atoms with Gasteiger partial charge in [0, 0.05) is 11.0 Å². The molecule has 0 saturated heterocycles. The summed E-state index contributed by atoms with van der Waals surface area (Å²) in [5.74, 6) is -1.04. The Morgan fingerprint density at radius 2 is 2.24 bits per heavy atom. The van der Waals surface area contributed by atoms with Crippen molar-refractivity contribution in [2.75, 3.05) is 5.75 Å². The van der Waals surface area contributed by atoms with Gasteiger partial charge < -0.3 is 9.67 Å². The molecule has 8 heteroatoms. The fourth-order valence-corrected chi connectivity index (χ4v) is 3.05. The molecule has 0 saturated carbocycles. The van der Waals surface area contributed by atoms with Crippen molar-refractivity contribution in [3.63, 3.8) is 0 Å². The van der Waals surface area contributed by atoms with Gasteiger partial charge in [0.15, 0.2) is 11.0 Å². The molecule has 0 amide bonds. The van der Waals surface area contributed by atoms with Crippen LogP contribution in [0.1, 0.15) is 13.3 Å². The van der Waals surface area contributed by atoms with E-state index in [2.05, 4.69) is 26.1 Å². The Morgan fingerprint density at radius 1 is 1.48 bits per heavy atom. The Kier molecular flexibility index (Phi) is 5.35. The number of thioether (sulfide) groups is 1. The topological polar surface area (TPSA) is 68.0 Å². The molecule has 0 aliphatic carbocycles. The summed E-state index contributed by atoms with van der Waals surface area (Å²) < 4.78 is 16.4. The number of rotatable bonds is 6. The molecule has 1 aromatic heterocycles. The van der Waals surface area contributed by atoms with Crippen molar-refractivity contribution in [1.29, 1.82) is 0 Å². The van der Waals surface area contributed by atoms with Gasteiger partial charge in [-0.15, -0.1) is 10.2 Å². The maximum absolute atomic E-state index is 14.1. The standard InChI is InChI=1S/C13H13BrFN3O2S/c1-2-6-18-12(11-8(14)4-3-5-9(11)15)16-17-13(18)21-7-10(19)20/h3-5H,2,6-7H2,1H3,(H,19,20). The van der Waals surface area contributed by atoms with E-state index in [0.29, 0.717) is 27.6 Å². The molecule has 0 spiro atoms. The number of carboxylic acids is 1. The highest BCUT2D eigenvalue weighted by atomic mass is 79.9. The highest BCUT2D eigenvalue weighted by Crippen LogP contribution is 2.32. The van der Waals surface area contributed by atoms with Gasteiger partial charge in [0.05, 0.1) is 11.3 Å². The predicted molar refractivity (Wildman–Crippen MR) is 81.8 cm³/mol. The summed E-state index contributed by atoms with van der Waals surface area (Å²) in [6.45, 7) is 2.57. The molecule has 0 aliphatic heterocycles. The third-order valence-electron chi connectivity index (χ3n) is 2.68. The third kappa shape index (κ3) is 3.62. The van der Waals surface area contributed by atoms with E-state index in [0.717, 1.165) is 18.2 Å². The lowest BCUT2D eigenvalue weighted by molar-refractivity contribution is -0.133. The molecular weight excluding hydrogens is 361 g/mol. The van der Waals surface area contributed by atoms with E-state index in [9.17, 15) is 9.18 Å². The maximum atomic E-state index is 14.1. The summed E-state index contributed by atoms with van der Waals surface area (Å²) in [6, 6.07) is 4.69. The molecule has 2 aromatic rings. The molecule has 0 fully saturated rings. The van der Waals surface area contributed by atoms with Crippen molar-refractivity contribution in [3.05, 3.63) is 28.5 Å². The number of hydrogen-bond acceptors (Lipinski definition) is 4. The molecule has 0 unspecified atom stereocenters. The summed E-state index contributed by atoms with van der Waals surface area (Å²) >= 11 is 4.39. The summed E-state index contributed by atoms with van der Waals surface area (Å²) in [4.78, 5) is 10.7. The highest BCUT2D eigenvalue weighted by Gasteiger charge is 2.19. The monoisotopic (exact) mass is 373 g/mol. The second-order valence-electron chi connectivity index (χ2n) is 4.24. The van der Waals surface area contributed by atoms with Crippen LogP contribution in [-0.4, -0.2) is 31.6 Å². The Balaban J connectivity index is 2.46. The number of carboxylic acid groups (broad SMARTS) is 1. The fourth-order valence-electron chi connectivity index (χ4n) is 1.84. The van der Waals surface area contributed by atoms with Crippen LogP contribution in [-0.2, 0) is 11.3 Å². The number of hydrogen-bond donors (Lipinski definition) is 1. The van der Waals surface area contributed by atoms with E-state index in [4.69, 9.17) is 5.11 Å². The first-order chi connectivity index (χ1) is 10.0. The van der Waals surface area contributed by atoms with E-state index >= 15 is 0 Å². The third-order valence-corrected chi connectivity index (χ3v) is 4.29.